The van der Waals surface area contributed by atoms with E-state index in [4.69, 9.17) is 11.6 Å². The molecule has 18 heavy (non-hydrogen) atoms. The van der Waals surface area contributed by atoms with Crippen LogP contribution in [-0.4, -0.2) is 23.6 Å². The third-order valence-electron chi connectivity index (χ3n) is 2.87. The molecule has 2 heterocycles. The van der Waals surface area contributed by atoms with Crippen LogP contribution in [0.15, 0.2) is 6.07 Å². The minimum absolute atomic E-state index is 0.329. The number of hydrogen-bond donors (Lipinski definition) is 0. The molecule has 0 aliphatic carbocycles. The number of nitrogens with zero attached hydrogens (tertiary/aromatic N) is 3. The van der Waals surface area contributed by atoms with E-state index < -0.39 is 0 Å². The molecule has 3 nitrogen and oxygen atoms in total. The summed E-state index contributed by atoms with van der Waals surface area (Å²) < 4.78 is 0. The van der Waals surface area contributed by atoms with E-state index in [-0.39, 0.29) is 0 Å². The molecule has 0 spiro atoms. The highest BCUT2D eigenvalue weighted by Crippen LogP contribution is 2.31. The Morgan fingerprint density at radius 1 is 1.39 bits per heavy atom. The van der Waals surface area contributed by atoms with Gasteiger partial charge in [0.15, 0.2) is 0 Å². The molecular weight excluding hydrogens is 266 g/mol. The van der Waals surface area contributed by atoms with Crippen LogP contribution in [0.1, 0.15) is 25.1 Å². The Labute approximate surface area is 117 Å². The van der Waals surface area contributed by atoms with Gasteiger partial charge in [-0.25, -0.2) is 4.98 Å². The summed E-state index contributed by atoms with van der Waals surface area (Å²) in [7, 11) is 2.06. The predicted molar refractivity (Wildman–Crippen MR) is 79.9 cm³/mol. The van der Waals surface area contributed by atoms with Crippen molar-refractivity contribution in [2.24, 2.45) is 5.92 Å². The number of hydrogen-bond acceptors (Lipinski definition) is 4. The van der Waals surface area contributed by atoms with E-state index in [1.807, 2.05) is 0 Å². The molecule has 0 aliphatic rings. The van der Waals surface area contributed by atoms with Gasteiger partial charge in [0.05, 0.1) is 5.39 Å². The van der Waals surface area contributed by atoms with E-state index in [0.717, 1.165) is 29.0 Å². The monoisotopic (exact) mass is 283 g/mol. The fourth-order valence-corrected chi connectivity index (χ4v) is 2.94. The van der Waals surface area contributed by atoms with Crippen LogP contribution in [-0.2, 0) is 0 Å². The Hall–Kier alpha value is -0.870. The molecule has 5 heteroatoms. The van der Waals surface area contributed by atoms with Crippen LogP contribution < -0.4 is 4.90 Å². The molecular formula is C13H18ClN3S. The van der Waals surface area contributed by atoms with Crippen molar-refractivity contribution in [3.63, 3.8) is 0 Å². The van der Waals surface area contributed by atoms with Crippen molar-refractivity contribution >= 4 is 39.0 Å². The van der Waals surface area contributed by atoms with Crippen molar-refractivity contribution in [1.29, 1.82) is 0 Å². The highest BCUT2D eigenvalue weighted by atomic mass is 35.5. The lowest BCUT2D eigenvalue weighted by Crippen LogP contribution is -2.21. The standard InChI is InChI=1S/C13H18ClN3S/c1-8(2)5-6-17(4)11-10-7-9(3)18-12(10)16-13(14)15-11/h7-8H,5-6H2,1-4H3. The Morgan fingerprint density at radius 2 is 2.11 bits per heavy atom. The summed E-state index contributed by atoms with van der Waals surface area (Å²) in [5, 5.41) is 1.43. The van der Waals surface area contributed by atoms with Crippen molar-refractivity contribution in [2.75, 3.05) is 18.5 Å². The second kappa shape index (κ2) is 5.41. The number of anilines is 1. The molecule has 0 fully saturated rings. The lowest BCUT2D eigenvalue weighted by atomic mass is 10.1. The maximum atomic E-state index is 6.00. The second-order valence-electron chi connectivity index (χ2n) is 5.00. The van der Waals surface area contributed by atoms with Crippen LogP contribution in [0.3, 0.4) is 0 Å². The average Bonchev–Trinajstić information content (AvgIpc) is 2.64. The van der Waals surface area contributed by atoms with Gasteiger partial charge in [0.25, 0.3) is 0 Å². The predicted octanol–water partition coefficient (Wildman–Crippen LogP) is 4.14. The smallest absolute Gasteiger partial charge is 0.225 e. The van der Waals surface area contributed by atoms with E-state index in [2.05, 4.69) is 48.8 Å². The maximum Gasteiger partial charge on any atom is 0.225 e. The van der Waals surface area contributed by atoms with Gasteiger partial charge in [0.1, 0.15) is 10.6 Å². The lowest BCUT2D eigenvalue weighted by Gasteiger charge is -2.20. The maximum absolute atomic E-state index is 6.00. The molecule has 0 aromatic carbocycles. The summed E-state index contributed by atoms with van der Waals surface area (Å²) in [6.07, 6.45) is 1.14. The van der Waals surface area contributed by atoms with Crippen LogP contribution >= 0.6 is 22.9 Å². The quantitative estimate of drug-likeness (QED) is 0.790. The fourth-order valence-electron chi connectivity index (χ4n) is 1.85. The van der Waals surface area contributed by atoms with Crippen molar-refractivity contribution in [2.45, 2.75) is 27.2 Å². The van der Waals surface area contributed by atoms with Crippen LogP contribution in [0.4, 0.5) is 5.82 Å². The molecule has 0 N–H and O–H groups in total. The SMILES string of the molecule is Cc1cc2c(N(C)CCC(C)C)nc(Cl)nc2s1. The fraction of sp³-hybridized carbons (Fsp3) is 0.538. The van der Waals surface area contributed by atoms with Gasteiger partial charge in [-0.2, -0.15) is 4.98 Å². The number of aromatic nitrogens is 2. The summed E-state index contributed by atoms with van der Waals surface area (Å²) in [6, 6.07) is 2.14. The van der Waals surface area contributed by atoms with Gasteiger partial charge in [0, 0.05) is 18.5 Å². The Bertz CT molecular complexity index is 550. The van der Waals surface area contributed by atoms with Crippen molar-refractivity contribution < 1.29 is 0 Å². The zero-order valence-corrected chi connectivity index (χ0v) is 12.8. The minimum Gasteiger partial charge on any atom is -0.359 e. The average molecular weight is 284 g/mol. The molecule has 2 rings (SSSR count). The van der Waals surface area contributed by atoms with Crippen molar-refractivity contribution in [1.82, 2.24) is 9.97 Å². The van der Waals surface area contributed by atoms with Crippen LogP contribution in [0.2, 0.25) is 5.28 Å². The Kier molecular flexibility index (Phi) is 4.07. The number of rotatable bonds is 4. The van der Waals surface area contributed by atoms with E-state index in [1.165, 1.54) is 4.88 Å². The van der Waals surface area contributed by atoms with Gasteiger partial charge in [-0.15, -0.1) is 11.3 Å². The topological polar surface area (TPSA) is 29.0 Å². The first-order chi connectivity index (χ1) is 8.47. The van der Waals surface area contributed by atoms with Crippen LogP contribution in [0.5, 0.6) is 0 Å². The second-order valence-corrected chi connectivity index (χ2v) is 6.57. The van der Waals surface area contributed by atoms with Crippen LogP contribution in [0.25, 0.3) is 10.2 Å². The first kappa shape index (κ1) is 13.6. The summed E-state index contributed by atoms with van der Waals surface area (Å²) in [6.45, 7) is 7.52. The van der Waals surface area contributed by atoms with Gasteiger partial charge in [0.2, 0.25) is 5.28 Å². The molecule has 0 unspecified atom stereocenters. The van der Waals surface area contributed by atoms with Gasteiger partial charge in [-0.05, 0) is 36.9 Å². The van der Waals surface area contributed by atoms with Crippen molar-refractivity contribution in [3.8, 4) is 0 Å². The van der Waals surface area contributed by atoms with E-state index >= 15 is 0 Å². The summed E-state index contributed by atoms with van der Waals surface area (Å²) in [5.74, 6) is 1.62. The molecule has 0 saturated heterocycles. The van der Waals surface area contributed by atoms with Gasteiger partial charge in [-0.1, -0.05) is 13.8 Å². The molecule has 0 amide bonds. The zero-order valence-electron chi connectivity index (χ0n) is 11.2. The lowest BCUT2D eigenvalue weighted by molar-refractivity contribution is 0.584. The molecule has 0 atom stereocenters. The van der Waals surface area contributed by atoms with Crippen molar-refractivity contribution in [3.05, 3.63) is 16.2 Å². The van der Waals surface area contributed by atoms with E-state index in [0.29, 0.717) is 11.2 Å². The molecule has 0 bridgehead atoms. The third-order valence-corrected chi connectivity index (χ3v) is 3.99. The third kappa shape index (κ3) is 2.93. The number of halogens is 1. The Balaban J connectivity index is 2.36. The molecule has 2 aromatic heterocycles. The Morgan fingerprint density at radius 3 is 2.78 bits per heavy atom. The molecule has 0 aliphatic heterocycles. The van der Waals surface area contributed by atoms with E-state index in [1.54, 1.807) is 11.3 Å². The number of thiophene rings is 1. The number of fused-ring (bicyclic) bond motifs is 1. The largest absolute Gasteiger partial charge is 0.359 e. The molecule has 0 radical (unpaired) electrons. The summed E-state index contributed by atoms with van der Waals surface area (Å²) in [4.78, 5) is 13.0. The first-order valence-corrected chi connectivity index (χ1v) is 7.31. The molecule has 2 aromatic rings. The normalized spacial score (nSPS) is 11.4. The highest BCUT2D eigenvalue weighted by Gasteiger charge is 2.13. The van der Waals surface area contributed by atoms with Gasteiger partial charge in [-0.3, -0.25) is 0 Å². The minimum atomic E-state index is 0.329. The number of aryl methyl sites for hydroxylation is 1. The summed E-state index contributed by atoms with van der Waals surface area (Å²) >= 11 is 7.66. The first-order valence-electron chi connectivity index (χ1n) is 6.12. The van der Waals surface area contributed by atoms with E-state index in [9.17, 15) is 0 Å². The van der Waals surface area contributed by atoms with Gasteiger partial charge < -0.3 is 4.90 Å². The summed E-state index contributed by atoms with van der Waals surface area (Å²) in [5.41, 5.74) is 0. The molecule has 0 saturated carbocycles. The molecule has 98 valence electrons. The van der Waals surface area contributed by atoms with Crippen LogP contribution in [0, 0.1) is 12.8 Å². The zero-order chi connectivity index (χ0) is 13.3. The highest BCUT2D eigenvalue weighted by molar-refractivity contribution is 7.18. The van der Waals surface area contributed by atoms with Gasteiger partial charge >= 0.3 is 0 Å².